The van der Waals surface area contributed by atoms with Crippen LogP contribution in [0.3, 0.4) is 0 Å². The number of carbonyl (C=O) groups is 1. The fraction of sp³-hybridized carbons (Fsp3) is 0.647. The van der Waals surface area contributed by atoms with Crippen molar-refractivity contribution in [1.82, 2.24) is 9.88 Å². The number of morpholine rings is 1. The normalized spacial score (nSPS) is 18.4. The quantitative estimate of drug-likeness (QED) is 0.857. The zero-order valence-electron chi connectivity index (χ0n) is 14.5. The van der Waals surface area contributed by atoms with Gasteiger partial charge < -0.3 is 14.5 Å². The summed E-state index contributed by atoms with van der Waals surface area (Å²) in [5, 5.41) is 0. The van der Waals surface area contributed by atoms with Crippen molar-refractivity contribution in [1.29, 1.82) is 0 Å². The first-order valence-corrected chi connectivity index (χ1v) is 7.83. The largest absolute Gasteiger partial charge is 0.364 e. The minimum atomic E-state index is -0.773. The van der Waals surface area contributed by atoms with Gasteiger partial charge in [-0.25, -0.2) is 0 Å². The van der Waals surface area contributed by atoms with E-state index in [0.717, 1.165) is 17.1 Å². The number of hydrogen-bond acceptors (Lipinski definition) is 4. The zero-order chi connectivity index (χ0) is 16.5. The summed E-state index contributed by atoms with van der Waals surface area (Å²) >= 11 is 0. The Morgan fingerprint density at radius 2 is 2.05 bits per heavy atom. The second-order valence-corrected chi connectivity index (χ2v) is 6.91. The Balaban J connectivity index is 2.42. The topological polar surface area (TPSA) is 45.7 Å². The van der Waals surface area contributed by atoms with Crippen LogP contribution in [0.1, 0.15) is 45.0 Å². The molecule has 1 aromatic rings. The van der Waals surface area contributed by atoms with E-state index in [1.165, 1.54) is 0 Å². The molecule has 1 saturated heterocycles. The Kier molecular flexibility index (Phi) is 4.87. The van der Waals surface area contributed by atoms with Crippen molar-refractivity contribution in [3.63, 3.8) is 0 Å². The van der Waals surface area contributed by atoms with Crippen molar-refractivity contribution in [3.05, 3.63) is 23.5 Å². The summed E-state index contributed by atoms with van der Waals surface area (Å²) in [6, 6.07) is 4.05. The highest BCUT2D eigenvalue weighted by Crippen LogP contribution is 2.28. The number of nitrogens with zero attached hydrogens (tertiary/aromatic N) is 3. The van der Waals surface area contributed by atoms with Crippen LogP contribution in [0.15, 0.2) is 12.1 Å². The first-order valence-electron chi connectivity index (χ1n) is 7.83. The summed E-state index contributed by atoms with van der Waals surface area (Å²) in [5.41, 5.74) is 2.13. The Morgan fingerprint density at radius 3 is 2.64 bits per heavy atom. The van der Waals surface area contributed by atoms with Crippen LogP contribution in [-0.4, -0.2) is 48.6 Å². The molecule has 1 aliphatic heterocycles. The molecule has 5 nitrogen and oxygen atoms in total. The van der Waals surface area contributed by atoms with Gasteiger partial charge in [0.15, 0.2) is 0 Å². The minimum absolute atomic E-state index is 0.00199. The van der Waals surface area contributed by atoms with Crippen molar-refractivity contribution in [3.8, 4) is 0 Å². The second-order valence-electron chi connectivity index (χ2n) is 6.91. The van der Waals surface area contributed by atoms with E-state index < -0.39 is 5.60 Å². The van der Waals surface area contributed by atoms with Gasteiger partial charge >= 0.3 is 0 Å². The molecule has 1 amide bonds. The lowest BCUT2D eigenvalue weighted by Gasteiger charge is -2.38. The maximum atomic E-state index is 12.7. The average Bonchev–Trinajstić information content (AvgIpc) is 2.41. The third-order valence-corrected chi connectivity index (χ3v) is 3.86. The number of carbonyl (C=O) groups excluding carboxylic acids is 1. The van der Waals surface area contributed by atoms with Crippen LogP contribution in [0.5, 0.6) is 0 Å². The molecule has 0 atom stereocenters. The Labute approximate surface area is 133 Å². The third-order valence-electron chi connectivity index (χ3n) is 3.86. The van der Waals surface area contributed by atoms with Crippen LogP contribution in [0.25, 0.3) is 0 Å². The number of aromatic nitrogens is 1. The highest BCUT2D eigenvalue weighted by atomic mass is 16.5. The molecule has 1 aliphatic rings. The molecule has 5 heteroatoms. The number of hydrogen-bond donors (Lipinski definition) is 0. The summed E-state index contributed by atoms with van der Waals surface area (Å²) in [7, 11) is 4.02. The van der Waals surface area contributed by atoms with Crippen LogP contribution in [-0.2, 0) is 16.1 Å². The highest BCUT2D eigenvalue weighted by molar-refractivity contribution is 6.00. The van der Waals surface area contributed by atoms with Gasteiger partial charge in [0, 0.05) is 18.8 Å². The predicted octanol–water partition coefficient (Wildman–Crippen LogP) is 2.41. The first-order chi connectivity index (χ1) is 10.2. The SMILES string of the molecule is CC(C)c1ccc(N2CCOC(C)(C)C2=O)c(CN(C)C)n1. The van der Waals surface area contributed by atoms with E-state index in [2.05, 4.69) is 18.7 Å². The van der Waals surface area contributed by atoms with Crippen molar-refractivity contribution in [2.24, 2.45) is 0 Å². The third kappa shape index (κ3) is 3.47. The summed E-state index contributed by atoms with van der Waals surface area (Å²) in [5.74, 6) is 0.365. The summed E-state index contributed by atoms with van der Waals surface area (Å²) in [4.78, 5) is 21.4. The average molecular weight is 305 g/mol. The van der Waals surface area contributed by atoms with Gasteiger partial charge in [0.1, 0.15) is 5.60 Å². The molecule has 1 aromatic heterocycles. The number of anilines is 1. The smallest absolute Gasteiger partial charge is 0.258 e. The number of amides is 1. The van der Waals surface area contributed by atoms with Gasteiger partial charge in [0.2, 0.25) is 0 Å². The fourth-order valence-electron chi connectivity index (χ4n) is 2.60. The predicted molar refractivity (Wildman–Crippen MR) is 88.1 cm³/mol. The molecule has 0 spiro atoms. The molecule has 0 unspecified atom stereocenters. The van der Waals surface area contributed by atoms with Crippen molar-refractivity contribution >= 4 is 11.6 Å². The molecule has 0 aliphatic carbocycles. The molecular formula is C17H27N3O2. The lowest BCUT2D eigenvalue weighted by atomic mass is 10.0. The summed E-state index contributed by atoms with van der Waals surface area (Å²) in [6.45, 7) is 9.74. The van der Waals surface area contributed by atoms with Crippen molar-refractivity contribution in [2.45, 2.75) is 45.8 Å². The molecule has 0 radical (unpaired) electrons. The Bertz CT molecular complexity index is 553. The van der Waals surface area contributed by atoms with Crippen LogP contribution in [0, 0.1) is 0 Å². The number of rotatable bonds is 4. The lowest BCUT2D eigenvalue weighted by Crippen LogP contribution is -2.54. The van der Waals surface area contributed by atoms with Crippen LogP contribution < -0.4 is 4.90 Å². The zero-order valence-corrected chi connectivity index (χ0v) is 14.5. The van der Waals surface area contributed by atoms with Gasteiger partial charge in [-0.05, 0) is 46.0 Å². The van der Waals surface area contributed by atoms with E-state index in [0.29, 0.717) is 25.6 Å². The number of ether oxygens (including phenoxy) is 1. The van der Waals surface area contributed by atoms with Gasteiger partial charge in [0.25, 0.3) is 5.91 Å². The molecule has 0 aromatic carbocycles. The van der Waals surface area contributed by atoms with E-state index >= 15 is 0 Å². The molecule has 1 fully saturated rings. The van der Waals surface area contributed by atoms with E-state index in [1.807, 2.05) is 45.0 Å². The first kappa shape index (κ1) is 16.9. The van der Waals surface area contributed by atoms with Gasteiger partial charge in [-0.1, -0.05) is 13.8 Å². The molecule has 22 heavy (non-hydrogen) atoms. The maximum Gasteiger partial charge on any atom is 0.258 e. The minimum Gasteiger partial charge on any atom is -0.364 e. The van der Waals surface area contributed by atoms with Crippen LogP contribution >= 0.6 is 0 Å². The van der Waals surface area contributed by atoms with E-state index in [1.54, 1.807) is 0 Å². The molecule has 2 heterocycles. The van der Waals surface area contributed by atoms with E-state index in [4.69, 9.17) is 9.72 Å². The monoisotopic (exact) mass is 305 g/mol. The lowest BCUT2D eigenvalue weighted by molar-refractivity contribution is -0.144. The van der Waals surface area contributed by atoms with Crippen molar-refractivity contribution in [2.75, 3.05) is 32.1 Å². The Morgan fingerprint density at radius 1 is 1.36 bits per heavy atom. The summed E-state index contributed by atoms with van der Waals surface area (Å²) < 4.78 is 5.59. The number of pyridine rings is 1. The molecule has 0 N–H and O–H groups in total. The standard InChI is InChI=1S/C17H27N3O2/c1-12(2)13-7-8-15(14(18-13)11-19(5)6)20-9-10-22-17(3,4)16(20)21/h7-8,12H,9-11H2,1-6H3. The van der Waals surface area contributed by atoms with Gasteiger partial charge in [-0.2, -0.15) is 0 Å². The molecule has 2 rings (SSSR count). The molecule has 0 bridgehead atoms. The highest BCUT2D eigenvalue weighted by Gasteiger charge is 2.38. The van der Waals surface area contributed by atoms with Crippen LogP contribution in [0.2, 0.25) is 0 Å². The van der Waals surface area contributed by atoms with E-state index in [9.17, 15) is 4.79 Å². The van der Waals surface area contributed by atoms with Crippen LogP contribution in [0.4, 0.5) is 5.69 Å². The molecule has 122 valence electrons. The van der Waals surface area contributed by atoms with Gasteiger partial charge in [-0.3, -0.25) is 9.78 Å². The van der Waals surface area contributed by atoms with E-state index in [-0.39, 0.29) is 5.91 Å². The fourth-order valence-corrected chi connectivity index (χ4v) is 2.60. The Hall–Kier alpha value is -1.46. The summed E-state index contributed by atoms with van der Waals surface area (Å²) in [6.07, 6.45) is 0. The van der Waals surface area contributed by atoms with Gasteiger partial charge in [0.05, 0.1) is 18.0 Å². The second kappa shape index (κ2) is 6.34. The van der Waals surface area contributed by atoms with Crippen molar-refractivity contribution < 1.29 is 9.53 Å². The van der Waals surface area contributed by atoms with Gasteiger partial charge in [-0.15, -0.1) is 0 Å². The molecular weight excluding hydrogens is 278 g/mol. The maximum absolute atomic E-state index is 12.7. The molecule has 0 saturated carbocycles.